The van der Waals surface area contributed by atoms with Crippen LogP contribution in [0.1, 0.15) is 27.3 Å². The van der Waals surface area contributed by atoms with Crippen LogP contribution in [0.5, 0.6) is 11.5 Å². The summed E-state index contributed by atoms with van der Waals surface area (Å²) in [5, 5.41) is 3.23. The van der Waals surface area contributed by atoms with Crippen LogP contribution in [0.4, 0.5) is 0 Å². The molecule has 0 atom stereocenters. The van der Waals surface area contributed by atoms with Gasteiger partial charge in [0.15, 0.2) is 17.3 Å². The second kappa shape index (κ2) is 8.76. The normalized spacial score (nSPS) is 10.7. The molecule has 5 heteroatoms. The molecule has 0 saturated heterocycles. The molecular formula is C23H26N2O3. The molecule has 0 bridgehead atoms. The number of hydrogen-bond donors (Lipinski definition) is 1. The van der Waals surface area contributed by atoms with Crippen LogP contribution in [-0.2, 0) is 6.54 Å². The highest BCUT2D eigenvalue weighted by atomic mass is 16.5. The van der Waals surface area contributed by atoms with E-state index in [1.54, 1.807) is 14.2 Å². The smallest absolute Gasteiger partial charge is 0.178 e. The number of benzene rings is 2. The number of para-hydroxylation sites is 1. The van der Waals surface area contributed by atoms with Crippen LogP contribution >= 0.6 is 0 Å². The van der Waals surface area contributed by atoms with Crippen LogP contribution in [0.25, 0.3) is 5.69 Å². The molecule has 0 unspecified atom stereocenters. The third-order valence-corrected chi connectivity index (χ3v) is 4.81. The van der Waals surface area contributed by atoms with Crippen LogP contribution < -0.4 is 14.8 Å². The van der Waals surface area contributed by atoms with Gasteiger partial charge in [-0.2, -0.15) is 0 Å². The van der Waals surface area contributed by atoms with Gasteiger partial charge in [0.05, 0.1) is 20.8 Å². The molecule has 0 saturated carbocycles. The van der Waals surface area contributed by atoms with Gasteiger partial charge in [0.2, 0.25) is 0 Å². The average molecular weight is 378 g/mol. The Balaban J connectivity index is 1.68. The summed E-state index contributed by atoms with van der Waals surface area (Å²) >= 11 is 0. The van der Waals surface area contributed by atoms with E-state index in [4.69, 9.17) is 9.47 Å². The third-order valence-electron chi connectivity index (χ3n) is 4.81. The lowest BCUT2D eigenvalue weighted by molar-refractivity contribution is 0.0990. The summed E-state index contributed by atoms with van der Waals surface area (Å²) in [6, 6.07) is 17.8. The highest BCUT2D eigenvalue weighted by Crippen LogP contribution is 2.27. The van der Waals surface area contributed by atoms with Gasteiger partial charge in [-0.3, -0.25) is 4.79 Å². The van der Waals surface area contributed by atoms with Gasteiger partial charge >= 0.3 is 0 Å². The molecule has 0 spiro atoms. The minimum Gasteiger partial charge on any atom is -0.493 e. The summed E-state index contributed by atoms with van der Waals surface area (Å²) in [7, 11) is 3.22. The number of aromatic nitrogens is 1. The van der Waals surface area contributed by atoms with Gasteiger partial charge in [-0.15, -0.1) is 0 Å². The summed E-state index contributed by atoms with van der Waals surface area (Å²) in [6.07, 6.45) is 0. The van der Waals surface area contributed by atoms with Crippen molar-refractivity contribution >= 4 is 5.78 Å². The van der Waals surface area contributed by atoms with Crippen molar-refractivity contribution in [2.75, 3.05) is 20.8 Å². The standard InChI is InChI=1S/C23H26N2O3/c1-16-12-20(17(2)25(16)19-8-6-5-7-9-19)21(26)15-24-14-18-10-11-22(27-3)23(13-18)28-4/h5-13,24H,14-15H2,1-4H3. The highest BCUT2D eigenvalue weighted by Gasteiger charge is 2.16. The summed E-state index contributed by atoms with van der Waals surface area (Å²) in [6.45, 7) is 4.85. The Labute approximate surface area is 165 Å². The summed E-state index contributed by atoms with van der Waals surface area (Å²) in [4.78, 5) is 12.8. The minimum absolute atomic E-state index is 0.0794. The first-order chi connectivity index (χ1) is 13.5. The second-order valence-corrected chi connectivity index (χ2v) is 6.67. The maximum absolute atomic E-state index is 12.8. The molecule has 0 radical (unpaired) electrons. The fourth-order valence-electron chi connectivity index (χ4n) is 3.43. The predicted molar refractivity (Wildman–Crippen MR) is 111 cm³/mol. The Hall–Kier alpha value is -3.05. The maximum Gasteiger partial charge on any atom is 0.178 e. The summed E-state index contributed by atoms with van der Waals surface area (Å²) < 4.78 is 12.7. The van der Waals surface area contributed by atoms with E-state index in [2.05, 4.69) is 9.88 Å². The molecule has 1 N–H and O–H groups in total. The Bertz CT molecular complexity index is 961. The van der Waals surface area contributed by atoms with Gasteiger partial charge in [0, 0.05) is 29.2 Å². The first-order valence-corrected chi connectivity index (χ1v) is 9.24. The number of ketones is 1. The molecule has 0 aliphatic carbocycles. The Morgan fingerprint density at radius 3 is 2.36 bits per heavy atom. The fourth-order valence-corrected chi connectivity index (χ4v) is 3.43. The topological polar surface area (TPSA) is 52.5 Å². The molecule has 5 nitrogen and oxygen atoms in total. The van der Waals surface area contributed by atoms with Gasteiger partial charge in [0.25, 0.3) is 0 Å². The molecule has 146 valence electrons. The number of carbonyl (C=O) groups is 1. The van der Waals surface area contributed by atoms with Crippen LogP contribution in [-0.4, -0.2) is 31.1 Å². The molecular weight excluding hydrogens is 352 g/mol. The van der Waals surface area contributed by atoms with E-state index in [1.807, 2.05) is 68.4 Å². The van der Waals surface area contributed by atoms with Gasteiger partial charge in [-0.1, -0.05) is 24.3 Å². The van der Waals surface area contributed by atoms with E-state index in [1.165, 1.54) is 0 Å². The van der Waals surface area contributed by atoms with E-state index < -0.39 is 0 Å². The molecule has 3 aromatic rings. The number of methoxy groups -OCH3 is 2. The molecule has 0 amide bonds. The van der Waals surface area contributed by atoms with Crippen molar-refractivity contribution < 1.29 is 14.3 Å². The lowest BCUT2D eigenvalue weighted by Crippen LogP contribution is -2.23. The van der Waals surface area contributed by atoms with Gasteiger partial charge in [-0.25, -0.2) is 0 Å². The van der Waals surface area contributed by atoms with E-state index in [-0.39, 0.29) is 12.3 Å². The Morgan fingerprint density at radius 2 is 1.68 bits per heavy atom. The van der Waals surface area contributed by atoms with Crippen molar-refractivity contribution in [1.82, 2.24) is 9.88 Å². The third kappa shape index (κ3) is 4.10. The second-order valence-electron chi connectivity index (χ2n) is 6.67. The zero-order chi connectivity index (χ0) is 20.1. The average Bonchev–Trinajstić information content (AvgIpc) is 3.02. The molecule has 0 aliphatic heterocycles. The predicted octanol–water partition coefficient (Wildman–Crippen LogP) is 4.08. The quantitative estimate of drug-likeness (QED) is 0.600. The number of hydrogen-bond acceptors (Lipinski definition) is 4. The van der Waals surface area contributed by atoms with E-state index in [0.29, 0.717) is 18.0 Å². The fraction of sp³-hybridized carbons (Fsp3) is 0.261. The molecule has 1 aromatic heterocycles. The number of carbonyl (C=O) groups excluding carboxylic acids is 1. The number of nitrogens with zero attached hydrogens (tertiary/aromatic N) is 1. The molecule has 28 heavy (non-hydrogen) atoms. The largest absolute Gasteiger partial charge is 0.493 e. The van der Waals surface area contributed by atoms with Gasteiger partial charge in [0.1, 0.15) is 0 Å². The van der Waals surface area contributed by atoms with Crippen LogP contribution in [0, 0.1) is 13.8 Å². The first kappa shape index (κ1) is 19.7. The number of aryl methyl sites for hydroxylation is 1. The highest BCUT2D eigenvalue weighted by molar-refractivity contribution is 5.99. The first-order valence-electron chi connectivity index (χ1n) is 9.24. The lowest BCUT2D eigenvalue weighted by atomic mass is 10.1. The van der Waals surface area contributed by atoms with E-state index >= 15 is 0 Å². The van der Waals surface area contributed by atoms with Crippen molar-refractivity contribution in [3.63, 3.8) is 0 Å². The van der Waals surface area contributed by atoms with Crippen molar-refractivity contribution in [2.24, 2.45) is 0 Å². The maximum atomic E-state index is 12.8. The zero-order valence-electron chi connectivity index (χ0n) is 16.8. The van der Waals surface area contributed by atoms with Crippen molar-refractivity contribution in [2.45, 2.75) is 20.4 Å². The van der Waals surface area contributed by atoms with Crippen LogP contribution in [0.2, 0.25) is 0 Å². The molecule has 1 heterocycles. The van der Waals surface area contributed by atoms with Crippen molar-refractivity contribution in [3.8, 4) is 17.2 Å². The number of rotatable bonds is 8. The van der Waals surface area contributed by atoms with Gasteiger partial charge < -0.3 is 19.4 Å². The SMILES string of the molecule is COc1ccc(CNCC(=O)c2cc(C)n(-c3ccccc3)c2C)cc1OC. The van der Waals surface area contributed by atoms with Gasteiger partial charge in [-0.05, 0) is 49.7 Å². The number of ether oxygens (including phenoxy) is 2. The summed E-state index contributed by atoms with van der Waals surface area (Å²) in [5.74, 6) is 1.45. The monoisotopic (exact) mass is 378 g/mol. The molecule has 0 aliphatic rings. The van der Waals surface area contributed by atoms with Crippen LogP contribution in [0.3, 0.4) is 0 Å². The van der Waals surface area contributed by atoms with Crippen molar-refractivity contribution in [1.29, 1.82) is 0 Å². The lowest BCUT2D eigenvalue weighted by Gasteiger charge is -2.11. The minimum atomic E-state index is 0.0794. The Kier molecular flexibility index (Phi) is 6.16. The molecule has 3 rings (SSSR count). The molecule has 0 fully saturated rings. The van der Waals surface area contributed by atoms with Crippen molar-refractivity contribution in [3.05, 3.63) is 77.1 Å². The van der Waals surface area contributed by atoms with E-state index in [9.17, 15) is 4.79 Å². The number of nitrogens with one attached hydrogen (secondary N) is 1. The zero-order valence-corrected chi connectivity index (χ0v) is 16.8. The number of Topliss-reactive ketones (excluding diaryl/α,β-unsaturated/α-hetero) is 1. The molecule has 2 aromatic carbocycles. The Morgan fingerprint density at radius 1 is 0.964 bits per heavy atom. The van der Waals surface area contributed by atoms with Crippen LogP contribution in [0.15, 0.2) is 54.6 Å². The van der Waals surface area contributed by atoms with E-state index in [0.717, 1.165) is 28.2 Å². The summed E-state index contributed by atoms with van der Waals surface area (Å²) in [5.41, 5.74) is 4.85.